The maximum Gasteiger partial charge on any atom is 0.109 e. The van der Waals surface area contributed by atoms with Crippen LogP contribution in [0.15, 0.2) is 42.5 Å². The van der Waals surface area contributed by atoms with Crippen LogP contribution in [0.1, 0.15) is 5.56 Å². The summed E-state index contributed by atoms with van der Waals surface area (Å²) >= 11 is 0. The third-order valence-electron chi connectivity index (χ3n) is 2.61. The van der Waals surface area contributed by atoms with Crippen LogP contribution in [0.3, 0.4) is 0 Å². The monoisotopic (exact) mass is 209 g/mol. The highest BCUT2D eigenvalue weighted by atomic mass is 16.3. The van der Waals surface area contributed by atoms with Crippen LogP contribution in [0, 0.1) is 0 Å². The van der Waals surface area contributed by atoms with Crippen molar-refractivity contribution in [3.8, 4) is 0 Å². The van der Waals surface area contributed by atoms with E-state index in [2.05, 4.69) is 9.97 Å². The number of hydrogen-bond donors (Lipinski definition) is 0. The van der Waals surface area contributed by atoms with Gasteiger partial charge in [0.15, 0.2) is 0 Å². The van der Waals surface area contributed by atoms with Gasteiger partial charge in [0.2, 0.25) is 0 Å². The minimum absolute atomic E-state index is 0.260. The molecule has 0 saturated carbocycles. The summed E-state index contributed by atoms with van der Waals surface area (Å²) < 4.78 is 0. The molecule has 3 rings (SSSR count). The van der Waals surface area contributed by atoms with Crippen molar-refractivity contribution in [2.24, 2.45) is 0 Å². The van der Waals surface area contributed by atoms with Crippen molar-refractivity contribution in [3.05, 3.63) is 48.0 Å². The van der Waals surface area contributed by atoms with Crippen molar-refractivity contribution in [1.29, 1.82) is 0 Å². The third kappa shape index (κ3) is 1.33. The van der Waals surface area contributed by atoms with Crippen molar-refractivity contribution < 1.29 is 5.11 Å². The minimum Gasteiger partial charge on any atom is -0.244 e. The van der Waals surface area contributed by atoms with Gasteiger partial charge in [-0.25, -0.2) is 15.1 Å². The van der Waals surface area contributed by atoms with Crippen LogP contribution >= 0.6 is 0 Å². The van der Waals surface area contributed by atoms with Crippen LogP contribution in [0.2, 0.25) is 0 Å². The van der Waals surface area contributed by atoms with E-state index in [1.807, 2.05) is 36.4 Å². The molecule has 0 aliphatic heterocycles. The predicted molar refractivity (Wildman–Crippen MR) is 61.4 cm³/mol. The third-order valence-corrected chi connectivity index (χ3v) is 2.61. The Morgan fingerprint density at radius 1 is 0.812 bits per heavy atom. The minimum atomic E-state index is -0.260. The van der Waals surface area contributed by atoms with Gasteiger partial charge in [0.05, 0.1) is 22.1 Å². The topological polar surface area (TPSA) is 45.7 Å². The number of nitrogens with zero attached hydrogens (tertiary/aromatic N) is 2. The molecular weight excluding hydrogens is 200 g/mol. The van der Waals surface area contributed by atoms with E-state index in [1.165, 1.54) is 0 Å². The van der Waals surface area contributed by atoms with E-state index in [1.54, 1.807) is 6.07 Å². The van der Waals surface area contributed by atoms with Crippen LogP contribution in [-0.4, -0.2) is 9.97 Å². The lowest BCUT2D eigenvalue weighted by molar-refractivity contribution is 0.178. The molecule has 0 atom stereocenters. The molecule has 0 spiro atoms. The second kappa shape index (κ2) is 3.54. The molecule has 0 aliphatic carbocycles. The van der Waals surface area contributed by atoms with Crippen LogP contribution in [0.5, 0.6) is 0 Å². The molecule has 2 aromatic carbocycles. The molecule has 0 saturated heterocycles. The van der Waals surface area contributed by atoms with Crippen LogP contribution < -0.4 is 0 Å². The Labute approximate surface area is 92.4 Å². The fourth-order valence-corrected chi connectivity index (χ4v) is 1.82. The first kappa shape index (κ1) is 9.24. The molecule has 16 heavy (non-hydrogen) atoms. The first-order chi connectivity index (χ1) is 7.88. The maximum atomic E-state index is 11.0. The summed E-state index contributed by atoms with van der Waals surface area (Å²) in [5.41, 5.74) is 3.90. The van der Waals surface area contributed by atoms with Gasteiger partial charge in [-0.3, -0.25) is 0 Å². The van der Waals surface area contributed by atoms with Gasteiger partial charge in [0.1, 0.15) is 6.61 Å². The van der Waals surface area contributed by atoms with Crippen molar-refractivity contribution in [2.75, 3.05) is 0 Å². The maximum absolute atomic E-state index is 11.0. The fourth-order valence-electron chi connectivity index (χ4n) is 1.82. The number of hydrogen-bond acceptors (Lipinski definition) is 2. The normalized spacial score (nSPS) is 11.1. The summed E-state index contributed by atoms with van der Waals surface area (Å²) in [7, 11) is 0. The average molecular weight is 209 g/mol. The molecule has 0 bridgehead atoms. The molecule has 3 nitrogen and oxygen atoms in total. The van der Waals surface area contributed by atoms with Gasteiger partial charge in [-0.05, 0) is 18.2 Å². The number of benzene rings is 2. The zero-order chi connectivity index (χ0) is 11.0. The Kier molecular flexibility index (Phi) is 2.04. The van der Waals surface area contributed by atoms with Gasteiger partial charge in [-0.1, -0.05) is 24.3 Å². The Balaban J connectivity index is 2.46. The molecule has 3 heteroatoms. The molecule has 0 aliphatic rings. The molecule has 0 N–H and O–H groups in total. The molecule has 3 aromatic rings. The van der Waals surface area contributed by atoms with Crippen molar-refractivity contribution in [2.45, 2.75) is 6.61 Å². The van der Waals surface area contributed by atoms with Gasteiger partial charge in [0, 0.05) is 5.56 Å². The van der Waals surface area contributed by atoms with E-state index in [9.17, 15) is 5.11 Å². The Morgan fingerprint density at radius 3 is 2.25 bits per heavy atom. The van der Waals surface area contributed by atoms with Gasteiger partial charge in [-0.2, -0.15) is 0 Å². The van der Waals surface area contributed by atoms with Crippen LogP contribution in [0.25, 0.3) is 22.1 Å². The van der Waals surface area contributed by atoms with E-state index in [0.29, 0.717) is 5.56 Å². The highest BCUT2D eigenvalue weighted by molar-refractivity contribution is 5.87. The van der Waals surface area contributed by atoms with Crippen molar-refractivity contribution in [1.82, 2.24) is 9.97 Å². The zero-order valence-electron chi connectivity index (χ0n) is 8.55. The lowest BCUT2D eigenvalue weighted by Gasteiger charge is -2.03. The van der Waals surface area contributed by atoms with Crippen molar-refractivity contribution in [3.63, 3.8) is 0 Å². The average Bonchev–Trinajstić information content (AvgIpc) is 2.35. The number of rotatable bonds is 1. The van der Waals surface area contributed by atoms with E-state index in [0.717, 1.165) is 22.1 Å². The second-order valence-corrected chi connectivity index (χ2v) is 3.64. The van der Waals surface area contributed by atoms with E-state index in [-0.39, 0.29) is 6.61 Å². The summed E-state index contributed by atoms with van der Waals surface area (Å²) in [6.07, 6.45) is 0. The molecule has 0 unspecified atom stereocenters. The number of aromatic nitrogens is 2. The standard InChI is InChI=1S/C13H9N2O/c16-8-9-4-3-7-12-13(9)15-11-6-2-1-5-10(11)14-12/h1-7H,8H2. The van der Waals surface area contributed by atoms with E-state index in [4.69, 9.17) is 0 Å². The van der Waals surface area contributed by atoms with Crippen molar-refractivity contribution >= 4 is 22.1 Å². The molecular formula is C13H9N2O. The first-order valence-electron chi connectivity index (χ1n) is 5.11. The molecule has 1 radical (unpaired) electrons. The summed E-state index contributed by atoms with van der Waals surface area (Å²) in [6, 6.07) is 13.2. The predicted octanol–water partition coefficient (Wildman–Crippen LogP) is 2.71. The molecule has 77 valence electrons. The highest BCUT2D eigenvalue weighted by Gasteiger charge is 2.04. The Hall–Kier alpha value is -2.00. The molecule has 0 amide bonds. The lowest BCUT2D eigenvalue weighted by atomic mass is 10.1. The fraction of sp³-hybridized carbons (Fsp3) is 0.0769. The zero-order valence-corrected chi connectivity index (χ0v) is 8.55. The number of para-hydroxylation sites is 3. The summed E-state index contributed by atoms with van der Waals surface area (Å²) in [6.45, 7) is -0.260. The summed E-state index contributed by atoms with van der Waals surface area (Å²) in [5.74, 6) is 0. The Bertz CT molecular complexity index is 664. The van der Waals surface area contributed by atoms with Gasteiger partial charge in [-0.15, -0.1) is 0 Å². The Morgan fingerprint density at radius 2 is 1.50 bits per heavy atom. The summed E-state index contributed by atoms with van der Waals surface area (Å²) in [4.78, 5) is 8.97. The van der Waals surface area contributed by atoms with Gasteiger partial charge >= 0.3 is 0 Å². The second-order valence-electron chi connectivity index (χ2n) is 3.64. The van der Waals surface area contributed by atoms with E-state index < -0.39 is 0 Å². The molecule has 1 heterocycles. The largest absolute Gasteiger partial charge is 0.244 e. The van der Waals surface area contributed by atoms with Gasteiger partial charge in [0.25, 0.3) is 0 Å². The first-order valence-corrected chi connectivity index (χ1v) is 5.11. The number of fused-ring (bicyclic) bond motifs is 2. The SMILES string of the molecule is [O]Cc1cccc2nc3ccccc3nc12. The quantitative estimate of drug-likeness (QED) is 0.578. The van der Waals surface area contributed by atoms with Gasteiger partial charge < -0.3 is 0 Å². The smallest absolute Gasteiger partial charge is 0.109 e. The van der Waals surface area contributed by atoms with Crippen LogP contribution in [-0.2, 0) is 11.7 Å². The highest BCUT2D eigenvalue weighted by Crippen LogP contribution is 2.19. The van der Waals surface area contributed by atoms with E-state index >= 15 is 0 Å². The summed E-state index contributed by atoms with van der Waals surface area (Å²) in [5, 5.41) is 11.0. The van der Waals surface area contributed by atoms with Crippen LogP contribution in [0.4, 0.5) is 0 Å². The molecule has 0 fully saturated rings. The molecule has 1 aromatic heterocycles. The lowest BCUT2D eigenvalue weighted by Crippen LogP contribution is -1.91.